The Morgan fingerprint density at radius 1 is 1.50 bits per heavy atom. The average Bonchev–Trinajstić information content (AvgIpc) is 2.34. The Balaban J connectivity index is 2.66. The van der Waals surface area contributed by atoms with Crippen LogP contribution >= 0.6 is 0 Å². The predicted octanol–water partition coefficient (Wildman–Crippen LogP) is 2.12. The summed E-state index contributed by atoms with van der Waals surface area (Å²) in [5, 5.41) is 0. The summed E-state index contributed by atoms with van der Waals surface area (Å²) in [6, 6.07) is 2.40. The number of rotatable bonds is 7. The van der Waals surface area contributed by atoms with Gasteiger partial charge in [-0.25, -0.2) is 9.97 Å². The van der Waals surface area contributed by atoms with E-state index < -0.39 is 0 Å². The Labute approximate surface area is 97.7 Å². The second-order valence-electron chi connectivity index (χ2n) is 3.89. The summed E-state index contributed by atoms with van der Waals surface area (Å²) in [6.07, 6.45) is 5.51. The van der Waals surface area contributed by atoms with E-state index in [0.717, 1.165) is 31.8 Å². The fourth-order valence-electron chi connectivity index (χ4n) is 1.70. The molecule has 4 nitrogen and oxygen atoms in total. The third-order valence-corrected chi connectivity index (χ3v) is 2.60. The molecule has 90 valence electrons. The van der Waals surface area contributed by atoms with Crippen LogP contribution in [0.25, 0.3) is 0 Å². The van der Waals surface area contributed by atoms with Gasteiger partial charge in [0.1, 0.15) is 12.1 Å². The van der Waals surface area contributed by atoms with E-state index in [1.165, 1.54) is 0 Å². The van der Waals surface area contributed by atoms with Crippen molar-refractivity contribution in [3.8, 4) is 0 Å². The molecular formula is C12H21N3O. The lowest BCUT2D eigenvalue weighted by Crippen LogP contribution is -2.35. The summed E-state index contributed by atoms with van der Waals surface area (Å²) in [6.45, 7) is 6.18. The largest absolute Gasteiger partial charge is 0.385 e. The number of ether oxygens (including phenoxy) is 1. The Morgan fingerprint density at radius 3 is 2.88 bits per heavy atom. The molecule has 0 fully saturated rings. The summed E-state index contributed by atoms with van der Waals surface area (Å²) < 4.78 is 5.12. The number of hydrogen-bond donors (Lipinski definition) is 0. The van der Waals surface area contributed by atoms with Gasteiger partial charge >= 0.3 is 0 Å². The smallest absolute Gasteiger partial charge is 0.132 e. The minimum Gasteiger partial charge on any atom is -0.385 e. The Morgan fingerprint density at radius 2 is 2.31 bits per heavy atom. The van der Waals surface area contributed by atoms with E-state index in [2.05, 4.69) is 28.7 Å². The molecule has 1 aromatic heterocycles. The maximum atomic E-state index is 5.12. The zero-order valence-corrected chi connectivity index (χ0v) is 10.4. The maximum absolute atomic E-state index is 5.12. The van der Waals surface area contributed by atoms with Gasteiger partial charge in [-0.15, -0.1) is 0 Å². The molecule has 1 heterocycles. The summed E-state index contributed by atoms with van der Waals surface area (Å²) in [7, 11) is 1.74. The van der Waals surface area contributed by atoms with E-state index >= 15 is 0 Å². The molecule has 1 unspecified atom stereocenters. The van der Waals surface area contributed by atoms with E-state index in [4.69, 9.17) is 4.74 Å². The van der Waals surface area contributed by atoms with Gasteiger partial charge in [-0.1, -0.05) is 6.92 Å². The molecule has 1 rings (SSSR count). The van der Waals surface area contributed by atoms with Crippen molar-refractivity contribution in [2.24, 2.45) is 0 Å². The molecule has 0 aromatic carbocycles. The van der Waals surface area contributed by atoms with Gasteiger partial charge in [0.25, 0.3) is 0 Å². The van der Waals surface area contributed by atoms with Crippen LogP contribution in [0.5, 0.6) is 0 Å². The first-order chi connectivity index (χ1) is 7.79. The van der Waals surface area contributed by atoms with Gasteiger partial charge in [0.15, 0.2) is 0 Å². The van der Waals surface area contributed by atoms with Crippen molar-refractivity contribution in [3.63, 3.8) is 0 Å². The second kappa shape index (κ2) is 7.17. The SMILES string of the molecule is CCCN(c1ccncn1)C(C)CCOC. The highest BCUT2D eigenvalue weighted by molar-refractivity contribution is 5.37. The molecule has 0 N–H and O–H groups in total. The van der Waals surface area contributed by atoms with Crippen LogP contribution in [0.15, 0.2) is 18.6 Å². The van der Waals surface area contributed by atoms with E-state index in [1.54, 1.807) is 19.6 Å². The number of hydrogen-bond acceptors (Lipinski definition) is 4. The third-order valence-electron chi connectivity index (χ3n) is 2.60. The first kappa shape index (κ1) is 12.9. The lowest BCUT2D eigenvalue weighted by molar-refractivity contribution is 0.188. The van der Waals surface area contributed by atoms with E-state index in [9.17, 15) is 0 Å². The van der Waals surface area contributed by atoms with Crippen LogP contribution in [0.2, 0.25) is 0 Å². The lowest BCUT2D eigenvalue weighted by Gasteiger charge is -2.29. The molecule has 0 bridgehead atoms. The first-order valence-electron chi connectivity index (χ1n) is 5.81. The summed E-state index contributed by atoms with van der Waals surface area (Å²) in [4.78, 5) is 10.6. The number of aromatic nitrogens is 2. The fourth-order valence-corrected chi connectivity index (χ4v) is 1.70. The highest BCUT2D eigenvalue weighted by atomic mass is 16.5. The molecule has 0 radical (unpaired) electrons. The van der Waals surface area contributed by atoms with Gasteiger partial charge in [-0.05, 0) is 25.8 Å². The van der Waals surface area contributed by atoms with Crippen LogP contribution in [-0.2, 0) is 4.74 Å². The normalized spacial score (nSPS) is 12.4. The molecule has 1 atom stereocenters. The third kappa shape index (κ3) is 3.77. The molecule has 0 spiro atoms. The fraction of sp³-hybridized carbons (Fsp3) is 0.667. The van der Waals surface area contributed by atoms with Crippen molar-refractivity contribution in [1.29, 1.82) is 0 Å². The molecule has 0 saturated heterocycles. The van der Waals surface area contributed by atoms with E-state index in [-0.39, 0.29) is 0 Å². The molecule has 1 aromatic rings. The van der Waals surface area contributed by atoms with Gasteiger partial charge in [-0.3, -0.25) is 0 Å². The van der Waals surface area contributed by atoms with Crippen LogP contribution < -0.4 is 4.90 Å². The highest BCUT2D eigenvalue weighted by Crippen LogP contribution is 2.15. The van der Waals surface area contributed by atoms with Crippen LogP contribution in [0, 0.1) is 0 Å². The van der Waals surface area contributed by atoms with Gasteiger partial charge in [0, 0.05) is 32.5 Å². The van der Waals surface area contributed by atoms with E-state index in [0.29, 0.717) is 6.04 Å². The van der Waals surface area contributed by atoms with Crippen LogP contribution in [0.1, 0.15) is 26.7 Å². The zero-order chi connectivity index (χ0) is 11.8. The predicted molar refractivity (Wildman–Crippen MR) is 65.6 cm³/mol. The molecule has 0 amide bonds. The second-order valence-corrected chi connectivity index (χ2v) is 3.89. The molecule has 16 heavy (non-hydrogen) atoms. The summed E-state index contributed by atoms with van der Waals surface area (Å²) >= 11 is 0. The van der Waals surface area contributed by atoms with Gasteiger partial charge in [-0.2, -0.15) is 0 Å². The molecule has 0 saturated carbocycles. The topological polar surface area (TPSA) is 38.2 Å². The molecule has 4 heteroatoms. The summed E-state index contributed by atoms with van der Waals surface area (Å²) in [5.74, 6) is 1.00. The number of nitrogens with zero attached hydrogens (tertiary/aromatic N) is 3. The van der Waals surface area contributed by atoms with Crippen molar-refractivity contribution in [3.05, 3.63) is 18.6 Å². The lowest BCUT2D eigenvalue weighted by atomic mass is 10.2. The minimum absolute atomic E-state index is 0.440. The van der Waals surface area contributed by atoms with Crippen molar-refractivity contribution >= 4 is 5.82 Å². The average molecular weight is 223 g/mol. The quantitative estimate of drug-likeness (QED) is 0.709. The van der Waals surface area contributed by atoms with Gasteiger partial charge in [0.2, 0.25) is 0 Å². The van der Waals surface area contributed by atoms with Crippen LogP contribution in [-0.4, -0.2) is 36.3 Å². The van der Waals surface area contributed by atoms with E-state index in [1.807, 2.05) is 6.07 Å². The Kier molecular flexibility index (Phi) is 5.78. The van der Waals surface area contributed by atoms with Crippen LogP contribution in [0.3, 0.4) is 0 Å². The number of methoxy groups -OCH3 is 1. The molecule has 0 aliphatic heterocycles. The van der Waals surface area contributed by atoms with Crippen molar-refractivity contribution in [1.82, 2.24) is 9.97 Å². The van der Waals surface area contributed by atoms with Crippen LogP contribution in [0.4, 0.5) is 5.82 Å². The highest BCUT2D eigenvalue weighted by Gasteiger charge is 2.14. The molecule has 0 aliphatic carbocycles. The van der Waals surface area contributed by atoms with Crippen molar-refractivity contribution < 1.29 is 4.74 Å². The molecular weight excluding hydrogens is 202 g/mol. The van der Waals surface area contributed by atoms with Gasteiger partial charge in [0.05, 0.1) is 0 Å². The zero-order valence-electron chi connectivity index (χ0n) is 10.4. The maximum Gasteiger partial charge on any atom is 0.132 e. The minimum atomic E-state index is 0.440. The van der Waals surface area contributed by atoms with Crippen molar-refractivity contribution in [2.45, 2.75) is 32.7 Å². The Hall–Kier alpha value is -1.16. The standard InChI is InChI=1S/C12H21N3O/c1-4-8-15(11(2)6-9-16-3)12-5-7-13-10-14-12/h5,7,10-11H,4,6,8-9H2,1-3H3. The Bertz CT molecular complexity index is 279. The van der Waals surface area contributed by atoms with Gasteiger partial charge < -0.3 is 9.64 Å². The monoisotopic (exact) mass is 223 g/mol. The number of anilines is 1. The molecule has 0 aliphatic rings. The first-order valence-corrected chi connectivity index (χ1v) is 5.81. The summed E-state index contributed by atoms with van der Waals surface area (Å²) in [5.41, 5.74) is 0. The van der Waals surface area contributed by atoms with Crippen molar-refractivity contribution in [2.75, 3.05) is 25.2 Å².